The van der Waals surface area contributed by atoms with Crippen molar-refractivity contribution >= 4 is 12.0 Å². The fraction of sp³-hybridized carbons (Fsp3) is 0.560. The van der Waals surface area contributed by atoms with E-state index in [1.807, 2.05) is 0 Å². The highest BCUT2D eigenvalue weighted by Gasteiger charge is 2.49. The van der Waals surface area contributed by atoms with Crippen molar-refractivity contribution in [1.82, 2.24) is 20.0 Å². The van der Waals surface area contributed by atoms with Gasteiger partial charge in [-0.2, -0.15) is 5.10 Å². The molecule has 194 valence electrons. The van der Waals surface area contributed by atoms with Gasteiger partial charge in [-0.3, -0.25) is 19.7 Å². The highest BCUT2D eigenvalue weighted by Crippen LogP contribution is 2.46. The summed E-state index contributed by atoms with van der Waals surface area (Å²) in [5.74, 6) is -1.42. The number of aromatic nitrogens is 2. The van der Waals surface area contributed by atoms with E-state index >= 15 is 0 Å². The quantitative estimate of drug-likeness (QED) is 0.589. The van der Waals surface area contributed by atoms with Crippen molar-refractivity contribution in [2.45, 2.75) is 63.3 Å². The number of carbonyl (C=O) groups is 2. The van der Waals surface area contributed by atoms with E-state index in [9.17, 15) is 23.5 Å². The summed E-state index contributed by atoms with van der Waals surface area (Å²) in [5, 5.41) is 17.2. The highest BCUT2D eigenvalue weighted by atomic mass is 19.1. The van der Waals surface area contributed by atoms with Gasteiger partial charge in [0, 0.05) is 41.7 Å². The number of nitrogens with zero attached hydrogens (tertiary/aromatic N) is 3. The number of carbonyl (C=O) groups excluding carboxylic acids is 1. The SMILES string of the molecule is CC(C)(C)N(C(=O)O)[C@H]1C[C@@H](N2CC3Cc4n[nH]c(C(N)=O)c4C3C2)CO[C@@H]1c1cc(F)ccc1F. The highest BCUT2D eigenvalue weighted by molar-refractivity contribution is 5.93. The number of likely N-dealkylation sites (tertiary alicyclic amines) is 1. The number of benzene rings is 1. The van der Waals surface area contributed by atoms with Gasteiger partial charge in [0.25, 0.3) is 5.91 Å². The maximum Gasteiger partial charge on any atom is 0.408 e. The van der Waals surface area contributed by atoms with E-state index in [4.69, 9.17) is 10.5 Å². The van der Waals surface area contributed by atoms with Crippen molar-refractivity contribution < 1.29 is 28.2 Å². The third-order valence-electron chi connectivity index (χ3n) is 7.80. The van der Waals surface area contributed by atoms with Crippen LogP contribution in [0.4, 0.5) is 13.6 Å². The first-order valence-electron chi connectivity index (χ1n) is 12.2. The molecule has 0 bridgehead atoms. The largest absolute Gasteiger partial charge is 0.465 e. The van der Waals surface area contributed by atoms with Gasteiger partial charge in [0.15, 0.2) is 0 Å². The van der Waals surface area contributed by atoms with Crippen molar-refractivity contribution in [2.24, 2.45) is 11.7 Å². The van der Waals surface area contributed by atoms with Gasteiger partial charge in [0.2, 0.25) is 0 Å². The van der Waals surface area contributed by atoms with E-state index < -0.39 is 41.3 Å². The Labute approximate surface area is 207 Å². The topological polar surface area (TPSA) is 125 Å². The zero-order valence-electron chi connectivity index (χ0n) is 20.5. The Morgan fingerprint density at radius 2 is 2.03 bits per heavy atom. The number of fused-ring (bicyclic) bond motifs is 3. The zero-order valence-corrected chi connectivity index (χ0v) is 20.5. The molecule has 11 heteroatoms. The first-order chi connectivity index (χ1) is 17.0. The maximum absolute atomic E-state index is 14.8. The lowest BCUT2D eigenvalue weighted by Crippen LogP contribution is -2.58. The number of hydrogen-bond acceptors (Lipinski definition) is 5. The Balaban J connectivity index is 1.43. The molecule has 3 aliphatic rings. The summed E-state index contributed by atoms with van der Waals surface area (Å²) >= 11 is 0. The first-order valence-corrected chi connectivity index (χ1v) is 12.2. The smallest absolute Gasteiger partial charge is 0.408 e. The normalized spacial score (nSPS) is 28.1. The fourth-order valence-electron chi connectivity index (χ4n) is 6.36. The van der Waals surface area contributed by atoms with Crippen LogP contribution in [-0.4, -0.2) is 74.4 Å². The van der Waals surface area contributed by atoms with Gasteiger partial charge in [0.05, 0.1) is 18.3 Å². The van der Waals surface area contributed by atoms with Crippen LogP contribution in [0.25, 0.3) is 0 Å². The van der Waals surface area contributed by atoms with Gasteiger partial charge in [0.1, 0.15) is 23.4 Å². The van der Waals surface area contributed by atoms with Crippen LogP contribution < -0.4 is 5.73 Å². The molecule has 2 aliphatic heterocycles. The van der Waals surface area contributed by atoms with Gasteiger partial charge in [-0.05, 0) is 57.7 Å². The molecule has 9 nitrogen and oxygen atoms in total. The summed E-state index contributed by atoms with van der Waals surface area (Å²) in [5.41, 5.74) is 6.87. The molecule has 36 heavy (non-hydrogen) atoms. The molecule has 1 aromatic carbocycles. The molecule has 0 radical (unpaired) electrons. The number of H-pyrrole nitrogens is 1. The summed E-state index contributed by atoms with van der Waals surface area (Å²) in [7, 11) is 0. The molecule has 0 saturated carbocycles. The van der Waals surface area contributed by atoms with Crippen molar-refractivity contribution in [3.63, 3.8) is 0 Å². The van der Waals surface area contributed by atoms with E-state index in [1.54, 1.807) is 20.8 Å². The molecular formula is C25H31F2N5O4. The molecule has 1 aromatic heterocycles. The lowest BCUT2D eigenvalue weighted by Gasteiger charge is -2.48. The lowest BCUT2D eigenvalue weighted by molar-refractivity contribution is -0.0991. The molecule has 4 N–H and O–H groups in total. The van der Waals surface area contributed by atoms with Gasteiger partial charge >= 0.3 is 6.09 Å². The third-order valence-corrected chi connectivity index (χ3v) is 7.80. The second-order valence-corrected chi connectivity index (χ2v) is 11.0. The summed E-state index contributed by atoms with van der Waals surface area (Å²) in [6.45, 7) is 6.96. The lowest BCUT2D eigenvalue weighted by atomic mass is 9.88. The number of halogens is 2. The monoisotopic (exact) mass is 503 g/mol. The fourth-order valence-corrected chi connectivity index (χ4v) is 6.36. The standard InChI is InChI=1S/C25H31F2N5O4/c1-25(2,3)32(24(34)35)19-8-14(11-36-22(19)15-7-13(26)4-5-17(15)27)31-9-12-6-18-20(16(12)10-31)21(23(28)33)30-29-18/h4-5,7,12,14,16,19,22H,6,8-11H2,1-3H3,(H2,28,33)(H,29,30)(H,34,35)/t12?,14-,16?,19+,22-/m1/s1. The average Bonchev–Trinajstić information content (AvgIpc) is 3.45. The molecule has 1 aliphatic carbocycles. The van der Waals surface area contributed by atoms with Gasteiger partial charge in [-0.25, -0.2) is 13.6 Å². The van der Waals surface area contributed by atoms with E-state index in [0.717, 1.165) is 42.4 Å². The predicted molar refractivity (Wildman–Crippen MR) is 125 cm³/mol. The molecule has 2 fully saturated rings. The van der Waals surface area contributed by atoms with Crippen LogP contribution in [0, 0.1) is 17.6 Å². The number of ether oxygens (including phenoxy) is 1. The van der Waals surface area contributed by atoms with Crippen LogP contribution >= 0.6 is 0 Å². The Morgan fingerprint density at radius 3 is 2.69 bits per heavy atom. The molecule has 2 saturated heterocycles. The molecule has 2 amide bonds. The second kappa shape index (κ2) is 8.81. The minimum atomic E-state index is -1.15. The average molecular weight is 504 g/mol. The summed E-state index contributed by atoms with van der Waals surface area (Å²) in [4.78, 5) is 27.8. The first kappa shape index (κ1) is 24.6. The summed E-state index contributed by atoms with van der Waals surface area (Å²) in [6, 6.07) is 2.29. The summed E-state index contributed by atoms with van der Waals surface area (Å²) < 4.78 is 35.0. The van der Waals surface area contributed by atoms with Crippen molar-refractivity contribution in [3.05, 3.63) is 52.3 Å². The Morgan fingerprint density at radius 1 is 1.28 bits per heavy atom. The maximum atomic E-state index is 14.8. The van der Waals surface area contributed by atoms with E-state index in [1.165, 1.54) is 4.90 Å². The number of nitrogens with one attached hydrogen (secondary N) is 1. The van der Waals surface area contributed by atoms with E-state index in [0.29, 0.717) is 18.7 Å². The van der Waals surface area contributed by atoms with Crippen LogP contribution in [-0.2, 0) is 11.2 Å². The third kappa shape index (κ3) is 4.13. The van der Waals surface area contributed by atoms with Crippen LogP contribution in [0.1, 0.15) is 66.5 Å². The number of amides is 2. The molecule has 2 unspecified atom stereocenters. The van der Waals surface area contributed by atoms with Gasteiger partial charge in [-0.1, -0.05) is 0 Å². The van der Waals surface area contributed by atoms with Crippen molar-refractivity contribution in [2.75, 3.05) is 19.7 Å². The Hall–Kier alpha value is -3.05. The molecule has 3 heterocycles. The number of nitrogens with two attached hydrogens (primary N) is 1. The predicted octanol–water partition coefficient (Wildman–Crippen LogP) is 3.04. The Kier molecular flexibility index (Phi) is 6.03. The second-order valence-electron chi connectivity index (χ2n) is 11.0. The van der Waals surface area contributed by atoms with Crippen LogP contribution in [0.15, 0.2) is 18.2 Å². The minimum Gasteiger partial charge on any atom is -0.465 e. The number of primary amides is 1. The summed E-state index contributed by atoms with van der Waals surface area (Å²) in [6.07, 6.45) is -0.968. The Bertz CT molecular complexity index is 1200. The van der Waals surface area contributed by atoms with Crippen LogP contribution in [0.2, 0.25) is 0 Å². The van der Waals surface area contributed by atoms with Crippen LogP contribution in [0.3, 0.4) is 0 Å². The molecule has 5 rings (SSSR count). The van der Waals surface area contributed by atoms with Gasteiger partial charge < -0.3 is 15.6 Å². The van der Waals surface area contributed by atoms with Crippen molar-refractivity contribution in [1.29, 1.82) is 0 Å². The molecule has 2 aromatic rings. The number of rotatable bonds is 4. The number of aromatic amines is 1. The minimum absolute atomic E-state index is 0.0152. The zero-order chi connectivity index (χ0) is 25.9. The number of hydrogen-bond donors (Lipinski definition) is 3. The molecular weight excluding hydrogens is 472 g/mol. The van der Waals surface area contributed by atoms with Gasteiger partial charge in [-0.15, -0.1) is 0 Å². The van der Waals surface area contributed by atoms with E-state index in [2.05, 4.69) is 15.1 Å². The van der Waals surface area contributed by atoms with Crippen LogP contribution in [0.5, 0.6) is 0 Å². The molecule has 0 spiro atoms. The van der Waals surface area contributed by atoms with E-state index in [-0.39, 0.29) is 30.0 Å². The van der Waals surface area contributed by atoms with Crippen molar-refractivity contribution in [3.8, 4) is 0 Å². The number of carboxylic acid groups (broad SMARTS) is 1. The molecule has 5 atom stereocenters.